The summed E-state index contributed by atoms with van der Waals surface area (Å²) in [6, 6.07) is 8.24. The van der Waals surface area contributed by atoms with E-state index in [1.54, 1.807) is 6.21 Å². The van der Waals surface area contributed by atoms with Crippen LogP contribution in [0.25, 0.3) is 0 Å². The smallest absolute Gasteiger partial charge is 0.166 e. The van der Waals surface area contributed by atoms with Crippen LogP contribution < -0.4 is 9.64 Å². The molecule has 1 aromatic rings. The third-order valence-electron chi connectivity index (χ3n) is 3.79. The first kappa shape index (κ1) is 13.2. The largest absolute Gasteiger partial charge is 0.487 e. The first-order valence-corrected chi connectivity index (χ1v) is 7.16. The van der Waals surface area contributed by atoms with Crippen LogP contribution >= 0.6 is 0 Å². The van der Waals surface area contributed by atoms with Gasteiger partial charge in [0, 0.05) is 38.8 Å². The second-order valence-electron chi connectivity index (χ2n) is 5.32. The van der Waals surface area contributed by atoms with Crippen molar-refractivity contribution < 1.29 is 9.57 Å². The van der Waals surface area contributed by atoms with Crippen molar-refractivity contribution in [1.82, 2.24) is 4.90 Å². The highest BCUT2D eigenvalue weighted by atomic mass is 16.7. The molecule has 2 aliphatic heterocycles. The molecule has 1 unspecified atom stereocenters. The van der Waals surface area contributed by atoms with Crippen LogP contribution in [-0.2, 0) is 4.84 Å². The lowest BCUT2D eigenvalue weighted by molar-refractivity contribution is 0.0472. The molecule has 2 heterocycles. The summed E-state index contributed by atoms with van der Waals surface area (Å²) in [6.45, 7) is 4.81. The summed E-state index contributed by atoms with van der Waals surface area (Å²) in [5, 5.41) is 3.78. The molecule has 108 valence electrons. The molecule has 1 fully saturated rings. The van der Waals surface area contributed by atoms with Crippen molar-refractivity contribution in [3.05, 3.63) is 24.3 Å². The van der Waals surface area contributed by atoms with Crippen molar-refractivity contribution in [2.45, 2.75) is 12.5 Å². The number of para-hydroxylation sites is 2. The second kappa shape index (κ2) is 6.13. The van der Waals surface area contributed by atoms with Gasteiger partial charge in [0.1, 0.15) is 12.4 Å². The highest BCUT2D eigenvalue weighted by molar-refractivity contribution is 5.59. The van der Waals surface area contributed by atoms with Crippen LogP contribution in [0.5, 0.6) is 5.75 Å². The summed E-state index contributed by atoms with van der Waals surface area (Å²) in [7, 11) is 2.16. The standard InChI is InChI=1S/C15H21N3O2/c1-17-8-10-18(11-9-17)14-4-2-3-5-15(14)19-12-13-6-7-16-20-13/h2-5,7,13H,6,8-12H2,1H3. The Kier molecular flexibility index (Phi) is 4.06. The lowest BCUT2D eigenvalue weighted by Crippen LogP contribution is -2.44. The summed E-state index contributed by atoms with van der Waals surface area (Å²) < 4.78 is 5.94. The average Bonchev–Trinajstić information content (AvgIpc) is 3.00. The van der Waals surface area contributed by atoms with Crippen LogP contribution in [0.1, 0.15) is 6.42 Å². The molecule has 0 radical (unpaired) electrons. The molecule has 0 aromatic heterocycles. The Bertz CT molecular complexity index is 462. The van der Waals surface area contributed by atoms with Crippen molar-refractivity contribution in [3.63, 3.8) is 0 Å². The highest BCUT2D eigenvalue weighted by Gasteiger charge is 2.19. The van der Waals surface area contributed by atoms with E-state index in [1.807, 2.05) is 12.1 Å². The number of oxime groups is 1. The van der Waals surface area contributed by atoms with Crippen molar-refractivity contribution in [2.24, 2.45) is 5.16 Å². The minimum atomic E-state index is 0.0514. The van der Waals surface area contributed by atoms with E-state index in [9.17, 15) is 0 Å². The Hall–Kier alpha value is -1.75. The summed E-state index contributed by atoms with van der Waals surface area (Å²) in [6.07, 6.45) is 2.67. The Morgan fingerprint density at radius 2 is 2.05 bits per heavy atom. The highest BCUT2D eigenvalue weighted by Crippen LogP contribution is 2.29. The fourth-order valence-corrected chi connectivity index (χ4v) is 2.50. The molecule has 0 saturated carbocycles. The van der Waals surface area contributed by atoms with E-state index in [2.05, 4.69) is 34.1 Å². The van der Waals surface area contributed by atoms with Crippen molar-refractivity contribution >= 4 is 11.9 Å². The number of nitrogens with zero attached hydrogens (tertiary/aromatic N) is 3. The number of piperazine rings is 1. The summed E-state index contributed by atoms with van der Waals surface area (Å²) in [5.74, 6) is 0.938. The average molecular weight is 275 g/mol. The molecule has 0 N–H and O–H groups in total. The van der Waals surface area contributed by atoms with E-state index < -0.39 is 0 Å². The molecular formula is C15H21N3O2. The monoisotopic (exact) mass is 275 g/mol. The van der Waals surface area contributed by atoms with E-state index >= 15 is 0 Å². The Morgan fingerprint density at radius 1 is 1.25 bits per heavy atom. The zero-order chi connectivity index (χ0) is 13.8. The normalized spacial score (nSPS) is 22.9. The van der Waals surface area contributed by atoms with Gasteiger partial charge < -0.3 is 19.4 Å². The molecular weight excluding hydrogens is 254 g/mol. The maximum absolute atomic E-state index is 5.94. The van der Waals surface area contributed by atoms with Crippen LogP contribution in [0.3, 0.4) is 0 Å². The van der Waals surface area contributed by atoms with Crippen molar-refractivity contribution in [2.75, 3.05) is 44.7 Å². The molecule has 1 saturated heterocycles. The predicted molar refractivity (Wildman–Crippen MR) is 79.6 cm³/mol. The van der Waals surface area contributed by atoms with E-state index in [0.29, 0.717) is 6.61 Å². The first-order chi connectivity index (χ1) is 9.83. The summed E-state index contributed by atoms with van der Waals surface area (Å²) in [5.41, 5.74) is 1.18. The van der Waals surface area contributed by atoms with Gasteiger partial charge in [-0.15, -0.1) is 0 Å². The maximum Gasteiger partial charge on any atom is 0.166 e. The minimum absolute atomic E-state index is 0.0514. The third kappa shape index (κ3) is 3.04. The van der Waals surface area contributed by atoms with Gasteiger partial charge in [0.15, 0.2) is 6.10 Å². The van der Waals surface area contributed by atoms with Crippen LogP contribution in [0.15, 0.2) is 29.4 Å². The number of likely N-dealkylation sites (N-methyl/N-ethyl adjacent to an activating group) is 1. The van der Waals surface area contributed by atoms with E-state index in [-0.39, 0.29) is 6.10 Å². The Balaban J connectivity index is 1.64. The van der Waals surface area contributed by atoms with Gasteiger partial charge in [0.05, 0.1) is 5.69 Å². The van der Waals surface area contributed by atoms with Crippen LogP contribution in [0.4, 0.5) is 5.69 Å². The van der Waals surface area contributed by atoms with Crippen LogP contribution in [0.2, 0.25) is 0 Å². The van der Waals surface area contributed by atoms with Gasteiger partial charge in [-0.2, -0.15) is 0 Å². The number of hydrogen-bond acceptors (Lipinski definition) is 5. The molecule has 1 atom stereocenters. The molecule has 0 aliphatic carbocycles. The van der Waals surface area contributed by atoms with Crippen LogP contribution in [-0.4, -0.2) is 57.1 Å². The maximum atomic E-state index is 5.94. The molecule has 3 rings (SSSR count). The molecule has 2 aliphatic rings. The quantitative estimate of drug-likeness (QED) is 0.836. The molecule has 0 bridgehead atoms. The number of benzene rings is 1. The molecule has 1 aromatic carbocycles. The lowest BCUT2D eigenvalue weighted by atomic mass is 10.2. The van der Waals surface area contributed by atoms with Gasteiger partial charge in [-0.3, -0.25) is 0 Å². The predicted octanol–water partition coefficient (Wildman–Crippen LogP) is 1.59. The van der Waals surface area contributed by atoms with Crippen molar-refractivity contribution in [1.29, 1.82) is 0 Å². The van der Waals surface area contributed by atoms with Crippen molar-refractivity contribution in [3.8, 4) is 5.75 Å². The van der Waals surface area contributed by atoms with Gasteiger partial charge >= 0.3 is 0 Å². The SMILES string of the molecule is CN1CCN(c2ccccc2OCC2CC=NO2)CC1. The van der Waals surface area contributed by atoms with Gasteiger partial charge in [0.25, 0.3) is 0 Å². The van der Waals surface area contributed by atoms with Gasteiger partial charge in [0.2, 0.25) is 0 Å². The van der Waals surface area contributed by atoms with E-state index in [1.165, 1.54) is 5.69 Å². The molecule has 20 heavy (non-hydrogen) atoms. The molecule has 5 nitrogen and oxygen atoms in total. The fourth-order valence-electron chi connectivity index (χ4n) is 2.50. The molecule has 0 amide bonds. The third-order valence-corrected chi connectivity index (χ3v) is 3.79. The number of ether oxygens (including phenoxy) is 1. The topological polar surface area (TPSA) is 37.3 Å². The van der Waals surface area contributed by atoms with E-state index in [4.69, 9.17) is 9.57 Å². The van der Waals surface area contributed by atoms with Gasteiger partial charge in [-0.1, -0.05) is 17.3 Å². The number of rotatable bonds is 4. The first-order valence-electron chi connectivity index (χ1n) is 7.16. The Labute approximate surface area is 119 Å². The minimum Gasteiger partial charge on any atom is -0.487 e. The number of anilines is 1. The summed E-state index contributed by atoms with van der Waals surface area (Å²) in [4.78, 5) is 9.94. The van der Waals surface area contributed by atoms with Gasteiger partial charge in [-0.05, 0) is 19.2 Å². The molecule has 5 heteroatoms. The lowest BCUT2D eigenvalue weighted by Gasteiger charge is -2.34. The fraction of sp³-hybridized carbons (Fsp3) is 0.533. The number of hydrogen-bond donors (Lipinski definition) is 0. The summed E-state index contributed by atoms with van der Waals surface area (Å²) >= 11 is 0. The zero-order valence-corrected chi connectivity index (χ0v) is 11.9. The molecule has 0 spiro atoms. The second-order valence-corrected chi connectivity index (χ2v) is 5.32. The Morgan fingerprint density at radius 3 is 2.80 bits per heavy atom. The van der Waals surface area contributed by atoms with Gasteiger partial charge in [-0.25, -0.2) is 0 Å². The zero-order valence-electron chi connectivity index (χ0n) is 11.9. The van der Waals surface area contributed by atoms with Crippen LogP contribution in [0, 0.1) is 0 Å². The van der Waals surface area contributed by atoms with E-state index in [0.717, 1.165) is 38.3 Å².